The lowest BCUT2D eigenvalue weighted by molar-refractivity contribution is 1.49. The SMILES string of the molecule is N#Cc1cc(Cl)c2scc(CBr)c2c1. The predicted molar refractivity (Wildman–Crippen MR) is 64.2 cm³/mol. The van der Waals surface area contributed by atoms with Crippen LogP contribution in [0.2, 0.25) is 5.02 Å². The van der Waals surface area contributed by atoms with E-state index in [2.05, 4.69) is 27.4 Å². The highest BCUT2D eigenvalue weighted by Crippen LogP contribution is 2.34. The van der Waals surface area contributed by atoms with Gasteiger partial charge in [-0.2, -0.15) is 5.26 Å². The third-order valence-electron chi connectivity index (χ3n) is 1.98. The summed E-state index contributed by atoms with van der Waals surface area (Å²) in [6, 6.07) is 5.70. The number of rotatable bonds is 1. The van der Waals surface area contributed by atoms with Crippen LogP contribution in [0, 0.1) is 11.3 Å². The summed E-state index contributed by atoms with van der Waals surface area (Å²) in [4.78, 5) is 0. The van der Waals surface area contributed by atoms with Gasteiger partial charge in [0.05, 0.1) is 21.4 Å². The van der Waals surface area contributed by atoms with Crippen molar-refractivity contribution in [3.63, 3.8) is 0 Å². The van der Waals surface area contributed by atoms with Gasteiger partial charge in [0.15, 0.2) is 0 Å². The monoisotopic (exact) mass is 285 g/mol. The molecule has 0 amide bonds. The number of nitriles is 1. The van der Waals surface area contributed by atoms with E-state index >= 15 is 0 Å². The molecule has 2 rings (SSSR count). The van der Waals surface area contributed by atoms with Crippen molar-refractivity contribution in [1.29, 1.82) is 5.26 Å². The van der Waals surface area contributed by atoms with Crippen LogP contribution in [-0.2, 0) is 5.33 Å². The first kappa shape index (κ1) is 9.97. The lowest BCUT2D eigenvalue weighted by Crippen LogP contribution is -1.77. The van der Waals surface area contributed by atoms with Gasteiger partial charge in [-0.1, -0.05) is 27.5 Å². The highest BCUT2D eigenvalue weighted by molar-refractivity contribution is 9.08. The fourth-order valence-electron chi connectivity index (χ4n) is 1.31. The second-order valence-electron chi connectivity index (χ2n) is 2.84. The summed E-state index contributed by atoms with van der Waals surface area (Å²) >= 11 is 11.1. The Morgan fingerprint density at radius 3 is 2.93 bits per heavy atom. The molecule has 1 heterocycles. The molecule has 0 aliphatic carbocycles. The molecule has 0 saturated heterocycles. The van der Waals surface area contributed by atoms with E-state index in [9.17, 15) is 0 Å². The maximum absolute atomic E-state index is 8.81. The Labute approximate surface area is 99.0 Å². The lowest BCUT2D eigenvalue weighted by Gasteiger charge is -1.96. The van der Waals surface area contributed by atoms with Gasteiger partial charge < -0.3 is 0 Å². The van der Waals surface area contributed by atoms with Crippen LogP contribution in [0.5, 0.6) is 0 Å². The number of halogens is 2. The zero-order valence-electron chi connectivity index (χ0n) is 7.05. The summed E-state index contributed by atoms with van der Waals surface area (Å²) in [5, 5.41) is 13.4. The Morgan fingerprint density at radius 1 is 1.50 bits per heavy atom. The Bertz CT molecular complexity index is 527. The van der Waals surface area contributed by atoms with Gasteiger partial charge in [-0.05, 0) is 28.5 Å². The van der Waals surface area contributed by atoms with Crippen molar-refractivity contribution < 1.29 is 0 Å². The number of hydrogen-bond donors (Lipinski definition) is 0. The van der Waals surface area contributed by atoms with Crippen LogP contribution >= 0.6 is 38.9 Å². The van der Waals surface area contributed by atoms with E-state index in [1.807, 2.05) is 6.07 Å². The van der Waals surface area contributed by atoms with E-state index in [1.54, 1.807) is 17.4 Å². The third-order valence-corrected chi connectivity index (χ3v) is 4.07. The molecule has 70 valence electrons. The lowest BCUT2D eigenvalue weighted by atomic mass is 10.1. The van der Waals surface area contributed by atoms with Gasteiger partial charge in [-0.15, -0.1) is 11.3 Å². The van der Waals surface area contributed by atoms with E-state index in [4.69, 9.17) is 16.9 Å². The standard InChI is InChI=1S/C10H5BrClNS/c11-3-7-5-14-10-8(7)1-6(4-13)2-9(10)12/h1-2,5H,3H2. The van der Waals surface area contributed by atoms with Gasteiger partial charge >= 0.3 is 0 Å². The fraction of sp³-hybridized carbons (Fsp3) is 0.100. The summed E-state index contributed by atoms with van der Waals surface area (Å²) in [5.74, 6) is 0. The molecule has 0 aliphatic heterocycles. The largest absolute Gasteiger partial charge is 0.192 e. The molecule has 0 radical (unpaired) electrons. The van der Waals surface area contributed by atoms with Crippen LogP contribution in [0.1, 0.15) is 11.1 Å². The van der Waals surface area contributed by atoms with Crippen LogP contribution in [0.3, 0.4) is 0 Å². The van der Waals surface area contributed by atoms with Gasteiger partial charge in [-0.25, -0.2) is 0 Å². The van der Waals surface area contributed by atoms with Gasteiger partial charge in [0, 0.05) is 5.33 Å². The van der Waals surface area contributed by atoms with E-state index in [-0.39, 0.29) is 0 Å². The molecule has 1 aromatic carbocycles. The van der Waals surface area contributed by atoms with Gasteiger partial charge in [0.2, 0.25) is 0 Å². The molecule has 0 atom stereocenters. The molecule has 0 aliphatic rings. The third kappa shape index (κ3) is 1.54. The van der Waals surface area contributed by atoms with E-state index in [0.29, 0.717) is 10.6 Å². The minimum atomic E-state index is 0.614. The molecule has 14 heavy (non-hydrogen) atoms. The minimum Gasteiger partial charge on any atom is -0.192 e. The van der Waals surface area contributed by atoms with Crippen LogP contribution in [0.15, 0.2) is 17.5 Å². The van der Waals surface area contributed by atoms with Crippen molar-refractivity contribution in [1.82, 2.24) is 0 Å². The van der Waals surface area contributed by atoms with Gasteiger partial charge in [0.1, 0.15) is 0 Å². The fourth-order valence-corrected chi connectivity index (χ4v) is 3.30. The molecule has 0 unspecified atom stereocenters. The summed E-state index contributed by atoms with van der Waals surface area (Å²) in [6.45, 7) is 0. The van der Waals surface area contributed by atoms with Crippen LogP contribution in [0.4, 0.5) is 0 Å². The molecular formula is C10H5BrClNS. The molecule has 1 nitrogen and oxygen atoms in total. The average Bonchev–Trinajstić information content (AvgIpc) is 2.61. The molecule has 0 N–H and O–H groups in total. The second-order valence-corrected chi connectivity index (χ2v) is 4.69. The van der Waals surface area contributed by atoms with Crippen molar-refractivity contribution in [3.05, 3.63) is 33.7 Å². The molecule has 0 fully saturated rings. The Balaban J connectivity index is 2.82. The van der Waals surface area contributed by atoms with Gasteiger partial charge in [0.25, 0.3) is 0 Å². The normalized spacial score (nSPS) is 10.4. The molecular weight excluding hydrogens is 282 g/mol. The summed E-state index contributed by atoms with van der Waals surface area (Å²) in [7, 11) is 0. The number of hydrogen-bond acceptors (Lipinski definition) is 2. The highest BCUT2D eigenvalue weighted by atomic mass is 79.9. The number of alkyl halides is 1. The molecule has 0 bridgehead atoms. The molecule has 0 spiro atoms. The topological polar surface area (TPSA) is 23.8 Å². The first-order valence-electron chi connectivity index (χ1n) is 3.92. The molecule has 0 saturated carbocycles. The number of nitrogens with zero attached hydrogens (tertiary/aromatic N) is 1. The Morgan fingerprint density at radius 2 is 2.29 bits per heavy atom. The minimum absolute atomic E-state index is 0.614. The second kappa shape index (κ2) is 3.90. The summed E-state index contributed by atoms with van der Waals surface area (Å²) < 4.78 is 1.06. The predicted octanol–water partition coefficient (Wildman–Crippen LogP) is 4.32. The van der Waals surface area contributed by atoms with Crippen molar-refractivity contribution in [2.24, 2.45) is 0 Å². The van der Waals surface area contributed by atoms with Crippen molar-refractivity contribution in [2.75, 3.05) is 0 Å². The van der Waals surface area contributed by atoms with Crippen LogP contribution in [0.25, 0.3) is 10.1 Å². The van der Waals surface area contributed by atoms with E-state index in [1.165, 1.54) is 5.56 Å². The number of benzene rings is 1. The van der Waals surface area contributed by atoms with Crippen molar-refractivity contribution >= 4 is 49.0 Å². The van der Waals surface area contributed by atoms with Crippen LogP contribution in [-0.4, -0.2) is 0 Å². The van der Waals surface area contributed by atoms with Crippen molar-refractivity contribution in [2.45, 2.75) is 5.33 Å². The summed E-state index contributed by atoms with van der Waals surface area (Å²) in [5.41, 5.74) is 1.80. The Hall–Kier alpha value is -0.560. The first-order valence-corrected chi connectivity index (χ1v) is 6.30. The van der Waals surface area contributed by atoms with E-state index in [0.717, 1.165) is 15.4 Å². The molecule has 1 aromatic heterocycles. The number of fused-ring (bicyclic) bond motifs is 1. The van der Waals surface area contributed by atoms with Gasteiger partial charge in [-0.3, -0.25) is 0 Å². The first-order chi connectivity index (χ1) is 6.76. The zero-order valence-corrected chi connectivity index (χ0v) is 10.2. The van der Waals surface area contributed by atoms with E-state index < -0.39 is 0 Å². The highest BCUT2D eigenvalue weighted by Gasteiger charge is 2.07. The van der Waals surface area contributed by atoms with Crippen LogP contribution < -0.4 is 0 Å². The zero-order chi connectivity index (χ0) is 10.1. The quantitative estimate of drug-likeness (QED) is 0.716. The molecule has 4 heteroatoms. The Kier molecular flexibility index (Phi) is 2.78. The maximum Gasteiger partial charge on any atom is 0.0992 e. The molecule has 2 aromatic rings. The van der Waals surface area contributed by atoms with Crippen molar-refractivity contribution in [3.8, 4) is 6.07 Å². The average molecular weight is 287 g/mol. The smallest absolute Gasteiger partial charge is 0.0992 e. The maximum atomic E-state index is 8.81. The number of thiophene rings is 1. The summed E-state index contributed by atoms with van der Waals surface area (Å²) in [6.07, 6.45) is 0.